The molecule has 0 unspecified atom stereocenters. The fourth-order valence-corrected chi connectivity index (χ4v) is 2.89. The topological polar surface area (TPSA) is 180 Å². The molecule has 0 amide bonds. The first kappa shape index (κ1) is 23.5. The second-order valence-corrected chi connectivity index (χ2v) is 6.44. The van der Waals surface area contributed by atoms with E-state index < -0.39 is 59.7 Å². The van der Waals surface area contributed by atoms with Crippen LogP contribution < -0.4 is 11.2 Å². The van der Waals surface area contributed by atoms with Gasteiger partial charge in [0.25, 0.3) is 5.56 Å². The van der Waals surface area contributed by atoms with Crippen LogP contribution in [0.3, 0.4) is 0 Å². The molecule has 1 aromatic heterocycles. The average Bonchev–Trinajstić information content (AvgIpc) is 2.95. The molecule has 2 heterocycles. The van der Waals surface area contributed by atoms with E-state index in [4.69, 9.17) is 24.1 Å². The molecule has 31 heavy (non-hydrogen) atoms. The number of hydrogen-bond donors (Lipinski definition) is 2. The highest BCUT2D eigenvalue weighted by Crippen LogP contribution is 2.33. The monoisotopic (exact) mass is 440 g/mol. The molecule has 2 rings (SSSR count). The Labute approximate surface area is 174 Å². The summed E-state index contributed by atoms with van der Waals surface area (Å²) in [6.07, 6.45) is -2.46. The Bertz CT molecular complexity index is 1020. The number of rotatable bonds is 7. The first-order chi connectivity index (χ1) is 14.5. The van der Waals surface area contributed by atoms with Gasteiger partial charge in [-0.3, -0.25) is 28.7 Å². The van der Waals surface area contributed by atoms with Gasteiger partial charge in [-0.15, -0.1) is 0 Å². The van der Waals surface area contributed by atoms with Gasteiger partial charge in [-0.2, -0.15) is 0 Å². The van der Waals surface area contributed by atoms with Crippen molar-refractivity contribution in [1.29, 1.82) is 0 Å². The van der Waals surface area contributed by atoms with E-state index in [0.717, 1.165) is 37.6 Å². The van der Waals surface area contributed by atoms with Crippen LogP contribution in [-0.2, 0) is 38.1 Å². The number of esters is 3. The predicted molar refractivity (Wildman–Crippen MR) is 99.6 cm³/mol. The van der Waals surface area contributed by atoms with Crippen LogP contribution >= 0.6 is 0 Å². The summed E-state index contributed by atoms with van der Waals surface area (Å²) in [4.78, 5) is 71.5. The molecule has 0 aliphatic carbocycles. The summed E-state index contributed by atoms with van der Waals surface area (Å²) in [7, 11) is 0. The maximum atomic E-state index is 12.4. The normalized spacial score (nSPS) is 22.8. The van der Waals surface area contributed by atoms with E-state index in [1.54, 1.807) is 0 Å². The zero-order chi connectivity index (χ0) is 23.3. The van der Waals surface area contributed by atoms with Crippen LogP contribution in [0.4, 0.5) is 0 Å². The predicted octanol–water partition coefficient (Wildman–Crippen LogP) is -1.04. The molecule has 168 valence electrons. The Morgan fingerprint density at radius 2 is 1.71 bits per heavy atom. The average molecular weight is 440 g/mol. The lowest BCUT2D eigenvalue weighted by atomic mass is 10.1. The molecule has 2 N–H and O–H groups in total. The number of carbonyl (C=O) groups excluding carboxylic acids is 3. The number of nitrogens with one attached hydrogen (secondary N) is 1. The summed E-state index contributed by atoms with van der Waals surface area (Å²) in [5, 5.41) is 8.76. The van der Waals surface area contributed by atoms with Crippen LogP contribution in [0.2, 0.25) is 0 Å². The quantitative estimate of drug-likeness (QED) is 0.300. The molecule has 13 nitrogen and oxygen atoms in total. The molecule has 0 saturated carbocycles. The van der Waals surface area contributed by atoms with Crippen LogP contribution in [0.25, 0.3) is 6.08 Å². The number of nitrogens with zero attached hydrogens (tertiary/aromatic N) is 1. The van der Waals surface area contributed by atoms with Crippen molar-refractivity contribution in [2.24, 2.45) is 0 Å². The summed E-state index contributed by atoms with van der Waals surface area (Å²) in [6.45, 7) is 2.94. The number of H-pyrrole nitrogens is 1. The van der Waals surface area contributed by atoms with Gasteiger partial charge in [-0.05, 0) is 6.08 Å². The molecular formula is C18H20N2O11. The number of carbonyl (C=O) groups is 4. The molecule has 1 aliphatic heterocycles. The maximum absolute atomic E-state index is 12.4. The van der Waals surface area contributed by atoms with Crippen molar-refractivity contribution in [3.63, 3.8) is 0 Å². The SMILES string of the molecule is CC(=O)OC[C@H]1O[C@@H](n2cc(C=CC(=O)O)c(=O)[nH]c2=O)[C@H](OC(C)=O)[C@H]1OC(C)=O. The number of aromatic nitrogens is 2. The molecule has 1 aromatic rings. The Hall–Kier alpha value is -3.74. The highest BCUT2D eigenvalue weighted by molar-refractivity contribution is 5.85. The van der Waals surface area contributed by atoms with Gasteiger partial charge in [0.1, 0.15) is 12.7 Å². The number of carboxylic acid groups (broad SMARTS) is 1. The van der Waals surface area contributed by atoms with Gasteiger partial charge in [0.15, 0.2) is 18.4 Å². The third-order valence-electron chi connectivity index (χ3n) is 4.02. The molecule has 0 radical (unpaired) electrons. The van der Waals surface area contributed by atoms with E-state index in [9.17, 15) is 28.8 Å². The summed E-state index contributed by atoms with van der Waals surface area (Å²) in [5.41, 5.74) is -2.04. The fourth-order valence-electron chi connectivity index (χ4n) is 2.89. The van der Waals surface area contributed by atoms with Gasteiger partial charge in [0, 0.05) is 33.0 Å². The standard InChI is InChI=1S/C18H20N2O11/c1-8(21)28-7-12-14(29-9(2)22)15(30-10(3)23)17(31-12)20-6-11(4-5-13(24)25)16(26)19-18(20)27/h4-6,12,14-15,17H,7H2,1-3H3,(H,24,25)(H,19,26,27)/t12-,14+,15-,17-/m1/s1. The third kappa shape index (κ3) is 6.12. The summed E-state index contributed by atoms with van der Waals surface area (Å²) in [6, 6.07) is 0. The molecule has 1 aliphatic rings. The van der Waals surface area contributed by atoms with Crippen molar-refractivity contribution in [2.75, 3.05) is 6.61 Å². The number of ether oxygens (including phenoxy) is 4. The van der Waals surface area contributed by atoms with E-state index >= 15 is 0 Å². The first-order valence-corrected chi connectivity index (χ1v) is 8.89. The van der Waals surface area contributed by atoms with Gasteiger partial charge in [-0.1, -0.05) is 0 Å². The molecule has 0 aromatic carbocycles. The summed E-state index contributed by atoms with van der Waals surface area (Å²) in [5.74, 6) is -3.52. The van der Waals surface area contributed by atoms with Crippen LogP contribution in [0, 0.1) is 0 Å². The van der Waals surface area contributed by atoms with Crippen molar-refractivity contribution >= 4 is 30.0 Å². The van der Waals surface area contributed by atoms with E-state index in [2.05, 4.69) is 0 Å². The minimum absolute atomic E-state index is 0.209. The lowest BCUT2D eigenvalue weighted by Crippen LogP contribution is -2.42. The van der Waals surface area contributed by atoms with Crippen molar-refractivity contribution in [3.8, 4) is 0 Å². The third-order valence-corrected chi connectivity index (χ3v) is 4.02. The van der Waals surface area contributed by atoms with Gasteiger partial charge < -0.3 is 24.1 Å². The van der Waals surface area contributed by atoms with Gasteiger partial charge in [-0.25, -0.2) is 9.59 Å². The van der Waals surface area contributed by atoms with Gasteiger partial charge >= 0.3 is 29.6 Å². The highest BCUT2D eigenvalue weighted by Gasteiger charge is 2.51. The molecule has 4 atom stereocenters. The lowest BCUT2D eigenvalue weighted by Gasteiger charge is -2.24. The van der Waals surface area contributed by atoms with E-state index in [1.165, 1.54) is 0 Å². The second kappa shape index (κ2) is 9.84. The van der Waals surface area contributed by atoms with Crippen LogP contribution in [0.15, 0.2) is 21.9 Å². The number of carboxylic acids is 1. The van der Waals surface area contributed by atoms with Gasteiger partial charge in [0.2, 0.25) is 0 Å². The zero-order valence-electron chi connectivity index (χ0n) is 16.7. The van der Waals surface area contributed by atoms with Crippen LogP contribution in [0.5, 0.6) is 0 Å². The molecule has 13 heteroatoms. The van der Waals surface area contributed by atoms with Crippen LogP contribution in [0.1, 0.15) is 32.6 Å². The minimum atomic E-state index is -1.39. The molecule has 0 spiro atoms. The number of hydrogen-bond acceptors (Lipinski definition) is 10. The fraction of sp³-hybridized carbons (Fsp3) is 0.444. The van der Waals surface area contributed by atoms with Crippen molar-refractivity contribution in [1.82, 2.24) is 9.55 Å². The molecule has 0 bridgehead atoms. The van der Waals surface area contributed by atoms with E-state index in [0.29, 0.717) is 6.08 Å². The Balaban J connectivity index is 2.54. The van der Waals surface area contributed by atoms with Crippen molar-refractivity contribution in [2.45, 2.75) is 45.3 Å². The Kier molecular flexibility index (Phi) is 7.47. The lowest BCUT2D eigenvalue weighted by molar-refractivity contribution is -0.166. The van der Waals surface area contributed by atoms with E-state index in [-0.39, 0.29) is 12.2 Å². The number of aromatic amines is 1. The number of aliphatic carboxylic acids is 1. The van der Waals surface area contributed by atoms with Gasteiger partial charge in [0.05, 0.1) is 5.56 Å². The van der Waals surface area contributed by atoms with Crippen LogP contribution in [-0.4, -0.2) is 63.5 Å². The molecule has 1 fully saturated rings. The molecule has 1 saturated heterocycles. The van der Waals surface area contributed by atoms with Crippen molar-refractivity contribution in [3.05, 3.63) is 38.7 Å². The van der Waals surface area contributed by atoms with E-state index in [1.807, 2.05) is 4.98 Å². The largest absolute Gasteiger partial charge is 0.478 e. The highest BCUT2D eigenvalue weighted by atomic mass is 16.7. The summed E-state index contributed by atoms with van der Waals surface area (Å²) < 4.78 is 21.8. The van der Waals surface area contributed by atoms with Crippen molar-refractivity contribution < 1.29 is 43.2 Å². The first-order valence-electron chi connectivity index (χ1n) is 8.89. The zero-order valence-corrected chi connectivity index (χ0v) is 16.7. The molecular weight excluding hydrogens is 420 g/mol. The Morgan fingerprint density at radius 1 is 1.10 bits per heavy atom. The minimum Gasteiger partial charge on any atom is -0.478 e. The Morgan fingerprint density at radius 3 is 2.26 bits per heavy atom. The second-order valence-electron chi connectivity index (χ2n) is 6.44. The maximum Gasteiger partial charge on any atom is 0.330 e. The summed E-state index contributed by atoms with van der Waals surface area (Å²) >= 11 is 0. The smallest absolute Gasteiger partial charge is 0.330 e.